The highest BCUT2D eigenvalue weighted by molar-refractivity contribution is 5.53. The van der Waals surface area contributed by atoms with Crippen molar-refractivity contribution in [1.82, 2.24) is 4.90 Å². The molecule has 0 amide bonds. The minimum Gasteiger partial charge on any atom is -0.382 e. The van der Waals surface area contributed by atoms with Gasteiger partial charge in [-0.3, -0.25) is 0 Å². The highest BCUT2D eigenvalue weighted by Gasteiger charge is 2.24. The maximum atomic E-state index is 3.78. The van der Waals surface area contributed by atoms with Crippen molar-refractivity contribution in [3.05, 3.63) is 29.8 Å². The van der Waals surface area contributed by atoms with E-state index in [1.165, 1.54) is 43.7 Å². The van der Waals surface area contributed by atoms with E-state index in [2.05, 4.69) is 62.2 Å². The summed E-state index contributed by atoms with van der Waals surface area (Å²) >= 11 is 0. The van der Waals surface area contributed by atoms with Gasteiger partial charge in [0, 0.05) is 18.3 Å². The topological polar surface area (TPSA) is 15.3 Å². The zero-order chi connectivity index (χ0) is 14.5. The number of nitrogens with one attached hydrogen (secondary N) is 1. The Morgan fingerprint density at radius 3 is 2.70 bits per heavy atom. The van der Waals surface area contributed by atoms with E-state index in [4.69, 9.17) is 0 Å². The molecule has 1 aliphatic rings. The molecule has 0 radical (unpaired) electrons. The summed E-state index contributed by atoms with van der Waals surface area (Å²) in [4.78, 5) is 2.58. The van der Waals surface area contributed by atoms with Gasteiger partial charge >= 0.3 is 0 Å². The Bertz CT molecular complexity index is 414. The molecule has 2 atom stereocenters. The predicted octanol–water partition coefficient (Wildman–Crippen LogP) is 4.34. The summed E-state index contributed by atoms with van der Waals surface area (Å²) in [5.74, 6) is 1.34. The summed E-state index contributed by atoms with van der Waals surface area (Å²) in [5, 5.41) is 3.78. The molecule has 2 rings (SSSR count). The number of anilines is 1. The van der Waals surface area contributed by atoms with Crippen molar-refractivity contribution in [1.29, 1.82) is 0 Å². The van der Waals surface area contributed by atoms with Gasteiger partial charge in [-0.05, 0) is 56.3 Å². The quantitative estimate of drug-likeness (QED) is 0.859. The lowest BCUT2D eigenvalue weighted by atomic mass is 9.91. The zero-order valence-electron chi connectivity index (χ0n) is 13.5. The second kappa shape index (κ2) is 7.12. The van der Waals surface area contributed by atoms with E-state index in [0.717, 1.165) is 5.92 Å². The normalized spacial score (nSPS) is 21.9. The molecule has 0 aliphatic carbocycles. The van der Waals surface area contributed by atoms with Crippen molar-refractivity contribution in [2.75, 3.05) is 25.0 Å². The summed E-state index contributed by atoms with van der Waals surface area (Å²) in [6.07, 6.45) is 2.70. The number of benzene rings is 1. The SMILES string of the molecule is CCN1CCCC(C(C)Nc2ccccc2C(C)C)C1. The number of nitrogens with zero attached hydrogens (tertiary/aromatic N) is 1. The van der Waals surface area contributed by atoms with Gasteiger partial charge in [0.1, 0.15) is 0 Å². The van der Waals surface area contributed by atoms with Crippen LogP contribution in [0.1, 0.15) is 52.0 Å². The molecular weight excluding hydrogens is 244 g/mol. The molecule has 1 aromatic carbocycles. The fourth-order valence-electron chi connectivity index (χ4n) is 3.28. The third kappa shape index (κ3) is 3.76. The van der Waals surface area contributed by atoms with Gasteiger partial charge in [0.15, 0.2) is 0 Å². The van der Waals surface area contributed by atoms with Crippen LogP contribution in [-0.4, -0.2) is 30.6 Å². The van der Waals surface area contributed by atoms with E-state index in [1.54, 1.807) is 0 Å². The zero-order valence-corrected chi connectivity index (χ0v) is 13.5. The van der Waals surface area contributed by atoms with Crippen LogP contribution in [0.3, 0.4) is 0 Å². The maximum Gasteiger partial charge on any atom is 0.0377 e. The molecule has 112 valence electrons. The lowest BCUT2D eigenvalue weighted by Crippen LogP contribution is -2.41. The number of rotatable bonds is 5. The first-order valence-electron chi connectivity index (χ1n) is 8.19. The summed E-state index contributed by atoms with van der Waals surface area (Å²) < 4.78 is 0. The van der Waals surface area contributed by atoms with Crippen molar-refractivity contribution in [2.45, 2.75) is 52.5 Å². The van der Waals surface area contributed by atoms with Gasteiger partial charge in [0.2, 0.25) is 0 Å². The van der Waals surface area contributed by atoms with Crippen LogP contribution < -0.4 is 5.32 Å². The molecule has 1 saturated heterocycles. The van der Waals surface area contributed by atoms with Crippen molar-refractivity contribution in [3.63, 3.8) is 0 Å². The fourth-order valence-corrected chi connectivity index (χ4v) is 3.28. The lowest BCUT2D eigenvalue weighted by Gasteiger charge is -2.36. The van der Waals surface area contributed by atoms with Crippen LogP contribution in [0.15, 0.2) is 24.3 Å². The minimum atomic E-state index is 0.546. The molecule has 1 aliphatic heterocycles. The fraction of sp³-hybridized carbons (Fsp3) is 0.667. The van der Waals surface area contributed by atoms with Crippen LogP contribution in [-0.2, 0) is 0 Å². The Morgan fingerprint density at radius 1 is 1.25 bits per heavy atom. The van der Waals surface area contributed by atoms with Crippen LogP contribution in [0, 0.1) is 5.92 Å². The first-order valence-corrected chi connectivity index (χ1v) is 8.19. The first kappa shape index (κ1) is 15.4. The second-order valence-electron chi connectivity index (χ2n) is 6.47. The Kier molecular flexibility index (Phi) is 5.47. The Balaban J connectivity index is 2.02. The number of hydrogen-bond acceptors (Lipinski definition) is 2. The molecule has 20 heavy (non-hydrogen) atoms. The summed E-state index contributed by atoms with van der Waals surface area (Å²) in [7, 11) is 0. The molecule has 0 aromatic heterocycles. The second-order valence-corrected chi connectivity index (χ2v) is 6.47. The minimum absolute atomic E-state index is 0.546. The highest BCUT2D eigenvalue weighted by atomic mass is 15.1. The third-order valence-electron chi connectivity index (χ3n) is 4.66. The van der Waals surface area contributed by atoms with Crippen molar-refractivity contribution in [2.24, 2.45) is 5.92 Å². The molecule has 1 fully saturated rings. The molecule has 0 bridgehead atoms. The molecule has 2 nitrogen and oxygen atoms in total. The monoisotopic (exact) mass is 274 g/mol. The van der Waals surface area contributed by atoms with Crippen molar-refractivity contribution < 1.29 is 0 Å². The van der Waals surface area contributed by atoms with Crippen molar-refractivity contribution >= 4 is 5.69 Å². The van der Waals surface area contributed by atoms with Crippen LogP contribution in [0.5, 0.6) is 0 Å². The van der Waals surface area contributed by atoms with Gasteiger partial charge in [0.05, 0.1) is 0 Å². The smallest absolute Gasteiger partial charge is 0.0377 e. The summed E-state index contributed by atoms with van der Waals surface area (Å²) in [6, 6.07) is 9.31. The average molecular weight is 274 g/mol. The van der Waals surface area contributed by atoms with Crippen LogP contribution in [0.25, 0.3) is 0 Å². The van der Waals surface area contributed by atoms with Gasteiger partial charge in [-0.2, -0.15) is 0 Å². The molecule has 1 heterocycles. The van der Waals surface area contributed by atoms with E-state index in [1.807, 2.05) is 0 Å². The maximum absolute atomic E-state index is 3.78. The van der Waals surface area contributed by atoms with Gasteiger partial charge in [-0.15, -0.1) is 0 Å². The molecule has 1 N–H and O–H groups in total. The van der Waals surface area contributed by atoms with Crippen molar-refractivity contribution in [3.8, 4) is 0 Å². The van der Waals surface area contributed by atoms with E-state index in [-0.39, 0.29) is 0 Å². The summed E-state index contributed by atoms with van der Waals surface area (Å²) in [6.45, 7) is 12.9. The van der Waals surface area contributed by atoms with Gasteiger partial charge < -0.3 is 10.2 Å². The number of para-hydroxylation sites is 1. The van der Waals surface area contributed by atoms with E-state index in [9.17, 15) is 0 Å². The largest absolute Gasteiger partial charge is 0.382 e. The summed E-state index contributed by atoms with van der Waals surface area (Å²) in [5.41, 5.74) is 2.76. The van der Waals surface area contributed by atoms with Gasteiger partial charge in [-0.25, -0.2) is 0 Å². The molecule has 2 heteroatoms. The van der Waals surface area contributed by atoms with Crippen LogP contribution >= 0.6 is 0 Å². The van der Waals surface area contributed by atoms with Crippen LogP contribution in [0.2, 0.25) is 0 Å². The molecule has 2 unspecified atom stereocenters. The van der Waals surface area contributed by atoms with Crippen LogP contribution in [0.4, 0.5) is 5.69 Å². The number of piperidine rings is 1. The average Bonchev–Trinajstić information content (AvgIpc) is 2.47. The Morgan fingerprint density at radius 2 is 2.00 bits per heavy atom. The first-order chi connectivity index (χ1) is 9.61. The Labute approximate surface area is 124 Å². The molecular formula is C18H30N2. The third-order valence-corrected chi connectivity index (χ3v) is 4.66. The van der Waals surface area contributed by atoms with E-state index >= 15 is 0 Å². The van der Waals surface area contributed by atoms with Gasteiger partial charge in [0.25, 0.3) is 0 Å². The predicted molar refractivity (Wildman–Crippen MR) is 88.5 cm³/mol. The molecule has 1 aromatic rings. The number of likely N-dealkylation sites (tertiary alicyclic amines) is 1. The lowest BCUT2D eigenvalue weighted by molar-refractivity contribution is 0.172. The highest BCUT2D eigenvalue weighted by Crippen LogP contribution is 2.27. The standard InChI is InChI=1S/C18H30N2/c1-5-20-12-8-9-16(13-20)15(4)19-18-11-7-6-10-17(18)14(2)3/h6-7,10-11,14-16,19H,5,8-9,12-13H2,1-4H3. The van der Waals surface area contributed by atoms with E-state index < -0.39 is 0 Å². The van der Waals surface area contributed by atoms with Gasteiger partial charge in [-0.1, -0.05) is 39.0 Å². The Hall–Kier alpha value is -1.02. The molecule has 0 spiro atoms. The number of hydrogen-bond donors (Lipinski definition) is 1. The van der Waals surface area contributed by atoms with E-state index in [0.29, 0.717) is 12.0 Å². The molecule has 0 saturated carbocycles.